The molecule has 1 aliphatic rings. The maximum Gasteiger partial charge on any atom is 0.162 e. The lowest BCUT2D eigenvalue weighted by atomic mass is 10.0. The van der Waals surface area contributed by atoms with Gasteiger partial charge in [0.25, 0.3) is 0 Å². The SMILES string of the molecule is c1ccc2c(Nc3ccc4c(c3)NCCC4)nc(-c3ccncc3)nc2c1. The van der Waals surface area contributed by atoms with Gasteiger partial charge in [0.15, 0.2) is 5.82 Å². The summed E-state index contributed by atoms with van der Waals surface area (Å²) in [6.07, 6.45) is 5.84. The van der Waals surface area contributed by atoms with E-state index in [-0.39, 0.29) is 0 Å². The molecule has 0 atom stereocenters. The molecule has 2 aromatic heterocycles. The molecule has 5 nitrogen and oxygen atoms in total. The summed E-state index contributed by atoms with van der Waals surface area (Å²) in [5, 5.41) is 7.98. The van der Waals surface area contributed by atoms with E-state index in [2.05, 4.69) is 33.8 Å². The first-order valence-electron chi connectivity index (χ1n) is 9.18. The molecular formula is C22H19N5. The monoisotopic (exact) mass is 353 g/mol. The Morgan fingerprint density at radius 2 is 1.81 bits per heavy atom. The normalized spacial score (nSPS) is 13.0. The molecule has 27 heavy (non-hydrogen) atoms. The Hall–Kier alpha value is -3.47. The predicted octanol–water partition coefficient (Wildman–Crippen LogP) is 4.79. The van der Waals surface area contributed by atoms with E-state index < -0.39 is 0 Å². The second kappa shape index (κ2) is 6.68. The van der Waals surface area contributed by atoms with E-state index in [0.29, 0.717) is 5.82 Å². The summed E-state index contributed by atoms with van der Waals surface area (Å²) < 4.78 is 0. The van der Waals surface area contributed by atoms with E-state index in [0.717, 1.165) is 40.9 Å². The number of hydrogen-bond donors (Lipinski definition) is 2. The van der Waals surface area contributed by atoms with Gasteiger partial charge in [-0.05, 0) is 54.8 Å². The number of rotatable bonds is 3. The van der Waals surface area contributed by atoms with Gasteiger partial charge >= 0.3 is 0 Å². The standard InChI is InChI=1S/C22H19N5/c1-2-6-19-18(5-1)22(27-21(26-19)16-9-12-23-13-10-16)25-17-8-7-15-4-3-11-24-20(15)14-17/h1-2,5-10,12-14,24H,3-4,11H2,(H,25,26,27). The average molecular weight is 353 g/mol. The molecule has 0 amide bonds. The molecule has 3 heterocycles. The maximum absolute atomic E-state index is 4.81. The summed E-state index contributed by atoms with van der Waals surface area (Å²) in [6, 6.07) is 18.4. The van der Waals surface area contributed by atoms with Crippen LogP contribution in [0.15, 0.2) is 67.0 Å². The lowest BCUT2D eigenvalue weighted by Gasteiger charge is -2.19. The van der Waals surface area contributed by atoms with Gasteiger partial charge in [0.1, 0.15) is 5.82 Å². The van der Waals surface area contributed by atoms with E-state index in [4.69, 9.17) is 9.97 Å². The Balaban J connectivity index is 1.59. The number of aromatic nitrogens is 3. The Labute approximate surface area is 157 Å². The van der Waals surface area contributed by atoms with Crippen molar-refractivity contribution in [2.45, 2.75) is 12.8 Å². The van der Waals surface area contributed by atoms with Crippen molar-refractivity contribution in [3.8, 4) is 11.4 Å². The number of benzene rings is 2. The number of fused-ring (bicyclic) bond motifs is 2. The van der Waals surface area contributed by atoms with E-state index in [1.54, 1.807) is 12.4 Å². The number of nitrogens with zero attached hydrogens (tertiary/aromatic N) is 3. The zero-order chi connectivity index (χ0) is 18.1. The van der Waals surface area contributed by atoms with Gasteiger partial charge in [-0.2, -0.15) is 0 Å². The molecule has 0 bridgehead atoms. The third-order valence-corrected chi connectivity index (χ3v) is 4.85. The molecule has 5 heteroatoms. The van der Waals surface area contributed by atoms with Crippen LogP contribution in [0.5, 0.6) is 0 Å². The van der Waals surface area contributed by atoms with E-state index in [9.17, 15) is 0 Å². The van der Waals surface area contributed by atoms with Gasteiger partial charge in [-0.1, -0.05) is 18.2 Å². The van der Waals surface area contributed by atoms with Gasteiger partial charge in [-0.15, -0.1) is 0 Å². The van der Waals surface area contributed by atoms with Gasteiger partial charge < -0.3 is 10.6 Å². The lowest BCUT2D eigenvalue weighted by Crippen LogP contribution is -2.11. The van der Waals surface area contributed by atoms with Gasteiger partial charge in [-0.25, -0.2) is 9.97 Å². The molecule has 2 aromatic carbocycles. The first kappa shape index (κ1) is 15.8. The van der Waals surface area contributed by atoms with Crippen molar-refractivity contribution in [2.75, 3.05) is 17.2 Å². The van der Waals surface area contributed by atoms with Crippen LogP contribution < -0.4 is 10.6 Å². The average Bonchev–Trinajstić information content (AvgIpc) is 2.74. The third kappa shape index (κ3) is 3.08. The molecule has 5 rings (SSSR count). The maximum atomic E-state index is 4.81. The van der Waals surface area contributed by atoms with Gasteiger partial charge in [0.2, 0.25) is 0 Å². The topological polar surface area (TPSA) is 62.7 Å². The zero-order valence-corrected chi connectivity index (χ0v) is 14.8. The molecule has 0 fully saturated rings. The second-order valence-electron chi connectivity index (χ2n) is 6.68. The predicted molar refractivity (Wildman–Crippen MR) is 109 cm³/mol. The highest BCUT2D eigenvalue weighted by molar-refractivity contribution is 5.92. The first-order valence-corrected chi connectivity index (χ1v) is 9.18. The van der Waals surface area contributed by atoms with Crippen LogP contribution in [-0.2, 0) is 6.42 Å². The quantitative estimate of drug-likeness (QED) is 0.554. The molecule has 0 saturated carbocycles. The van der Waals surface area contributed by atoms with Crippen LogP contribution in [0, 0.1) is 0 Å². The van der Waals surface area contributed by atoms with E-state index in [1.165, 1.54) is 17.7 Å². The van der Waals surface area contributed by atoms with Crippen LogP contribution in [0.2, 0.25) is 0 Å². The third-order valence-electron chi connectivity index (χ3n) is 4.85. The fourth-order valence-corrected chi connectivity index (χ4v) is 3.48. The molecule has 0 spiro atoms. The fraction of sp³-hybridized carbons (Fsp3) is 0.136. The Bertz CT molecular complexity index is 1110. The van der Waals surface area contributed by atoms with Crippen molar-refractivity contribution in [3.63, 3.8) is 0 Å². The van der Waals surface area contributed by atoms with Gasteiger partial charge in [0, 0.05) is 41.3 Å². The highest BCUT2D eigenvalue weighted by Gasteiger charge is 2.12. The van der Waals surface area contributed by atoms with Crippen LogP contribution in [0.25, 0.3) is 22.3 Å². The highest BCUT2D eigenvalue weighted by atomic mass is 15.0. The number of pyridine rings is 1. The Kier molecular flexibility index (Phi) is 3.90. The zero-order valence-electron chi connectivity index (χ0n) is 14.8. The molecule has 132 valence electrons. The fourth-order valence-electron chi connectivity index (χ4n) is 3.48. The van der Waals surface area contributed by atoms with Crippen molar-refractivity contribution in [2.24, 2.45) is 0 Å². The number of hydrogen-bond acceptors (Lipinski definition) is 5. The van der Waals surface area contributed by atoms with Gasteiger partial charge in [0.05, 0.1) is 5.52 Å². The first-order chi connectivity index (χ1) is 13.4. The Morgan fingerprint density at radius 3 is 2.74 bits per heavy atom. The number of anilines is 3. The van der Waals surface area contributed by atoms with Crippen molar-refractivity contribution in [1.82, 2.24) is 15.0 Å². The summed E-state index contributed by atoms with van der Waals surface area (Å²) in [4.78, 5) is 13.6. The van der Waals surface area contributed by atoms with Gasteiger partial charge in [-0.3, -0.25) is 4.98 Å². The number of aryl methyl sites for hydroxylation is 1. The Morgan fingerprint density at radius 1 is 0.926 bits per heavy atom. The molecule has 0 radical (unpaired) electrons. The molecule has 4 aromatic rings. The van der Waals surface area contributed by atoms with Crippen LogP contribution in [0.1, 0.15) is 12.0 Å². The minimum Gasteiger partial charge on any atom is -0.385 e. The van der Waals surface area contributed by atoms with Crippen LogP contribution >= 0.6 is 0 Å². The minimum atomic E-state index is 0.690. The van der Waals surface area contributed by atoms with Crippen molar-refractivity contribution in [3.05, 3.63) is 72.6 Å². The van der Waals surface area contributed by atoms with E-state index in [1.807, 2.05) is 36.4 Å². The van der Waals surface area contributed by atoms with Crippen molar-refractivity contribution in [1.29, 1.82) is 0 Å². The molecule has 0 saturated heterocycles. The van der Waals surface area contributed by atoms with Crippen LogP contribution in [0.4, 0.5) is 17.2 Å². The molecule has 1 aliphatic heterocycles. The molecule has 0 unspecified atom stereocenters. The summed E-state index contributed by atoms with van der Waals surface area (Å²) in [7, 11) is 0. The minimum absolute atomic E-state index is 0.690. The van der Waals surface area contributed by atoms with Crippen molar-refractivity contribution >= 4 is 28.1 Å². The van der Waals surface area contributed by atoms with Crippen LogP contribution in [-0.4, -0.2) is 21.5 Å². The second-order valence-corrected chi connectivity index (χ2v) is 6.68. The lowest BCUT2D eigenvalue weighted by molar-refractivity contribution is 0.830. The summed E-state index contributed by atoms with van der Waals surface area (Å²) >= 11 is 0. The van der Waals surface area contributed by atoms with Crippen molar-refractivity contribution < 1.29 is 0 Å². The highest BCUT2D eigenvalue weighted by Crippen LogP contribution is 2.30. The largest absolute Gasteiger partial charge is 0.385 e. The summed E-state index contributed by atoms with van der Waals surface area (Å²) in [5.74, 6) is 1.50. The smallest absolute Gasteiger partial charge is 0.162 e. The summed E-state index contributed by atoms with van der Waals surface area (Å²) in [6.45, 7) is 1.03. The van der Waals surface area contributed by atoms with Crippen LogP contribution in [0.3, 0.4) is 0 Å². The molecular weight excluding hydrogens is 334 g/mol. The van der Waals surface area contributed by atoms with E-state index >= 15 is 0 Å². The number of para-hydroxylation sites is 1. The molecule has 0 aliphatic carbocycles. The summed E-state index contributed by atoms with van der Waals surface area (Å²) in [5.41, 5.74) is 5.47. The number of nitrogens with one attached hydrogen (secondary N) is 2. The molecule has 2 N–H and O–H groups in total.